The second-order valence-corrected chi connectivity index (χ2v) is 5.98. The molecule has 1 saturated heterocycles. The van der Waals surface area contributed by atoms with Crippen LogP contribution in [0.3, 0.4) is 0 Å². The van der Waals surface area contributed by atoms with E-state index in [4.69, 9.17) is 10.5 Å². The summed E-state index contributed by atoms with van der Waals surface area (Å²) in [7, 11) is 0. The van der Waals surface area contributed by atoms with E-state index in [9.17, 15) is 4.39 Å². The molecule has 1 aromatic carbocycles. The molecule has 118 valence electrons. The van der Waals surface area contributed by atoms with E-state index in [1.54, 1.807) is 12.1 Å². The smallest absolute Gasteiger partial charge is 0.146 e. The summed E-state index contributed by atoms with van der Waals surface area (Å²) in [5.41, 5.74) is 7.82. The lowest BCUT2D eigenvalue weighted by molar-refractivity contribution is 0.0296. The molecule has 2 N–H and O–H groups in total. The minimum Gasteiger partial charge on any atom is -0.375 e. The monoisotopic (exact) mass is 294 g/mol. The van der Waals surface area contributed by atoms with Gasteiger partial charge in [0.25, 0.3) is 0 Å². The van der Waals surface area contributed by atoms with Crippen LogP contribution in [0.5, 0.6) is 0 Å². The minimum atomic E-state index is -0.150. The predicted octanol–water partition coefficient (Wildman–Crippen LogP) is 3.11. The molecule has 3 unspecified atom stereocenters. The number of nitrogens with two attached hydrogens (primary N) is 1. The summed E-state index contributed by atoms with van der Waals surface area (Å²) in [6, 6.07) is 5.63. The van der Waals surface area contributed by atoms with Gasteiger partial charge in [0.05, 0.1) is 24.4 Å². The molecule has 4 heteroatoms. The van der Waals surface area contributed by atoms with E-state index in [2.05, 4.69) is 18.7 Å². The predicted molar refractivity (Wildman–Crippen MR) is 85.2 cm³/mol. The van der Waals surface area contributed by atoms with Crippen molar-refractivity contribution in [3.8, 4) is 0 Å². The van der Waals surface area contributed by atoms with E-state index >= 15 is 0 Å². The first-order chi connectivity index (χ1) is 10.1. The van der Waals surface area contributed by atoms with Gasteiger partial charge in [-0.15, -0.1) is 0 Å². The van der Waals surface area contributed by atoms with Crippen LogP contribution in [0.2, 0.25) is 0 Å². The van der Waals surface area contributed by atoms with Crippen molar-refractivity contribution >= 4 is 5.69 Å². The number of rotatable bonds is 5. The molecule has 0 saturated carbocycles. The number of morpholine rings is 1. The molecule has 1 aromatic rings. The molecule has 0 spiro atoms. The van der Waals surface area contributed by atoms with Gasteiger partial charge >= 0.3 is 0 Å². The lowest BCUT2D eigenvalue weighted by Gasteiger charge is -2.41. The quantitative estimate of drug-likeness (QED) is 0.907. The summed E-state index contributed by atoms with van der Waals surface area (Å²) in [6.07, 6.45) is 2.68. The third-order valence-electron chi connectivity index (χ3n) is 4.30. The van der Waals surface area contributed by atoms with Crippen molar-refractivity contribution in [2.45, 2.75) is 58.2 Å². The van der Waals surface area contributed by atoms with E-state index in [-0.39, 0.29) is 24.0 Å². The van der Waals surface area contributed by atoms with Crippen molar-refractivity contribution < 1.29 is 9.13 Å². The maximum atomic E-state index is 14.5. The Morgan fingerprint density at radius 2 is 2.19 bits per heavy atom. The number of ether oxygens (including phenoxy) is 1. The van der Waals surface area contributed by atoms with Gasteiger partial charge in [-0.2, -0.15) is 0 Å². The first-order valence-electron chi connectivity index (χ1n) is 7.98. The average Bonchev–Trinajstić information content (AvgIpc) is 2.47. The van der Waals surface area contributed by atoms with Crippen molar-refractivity contribution in [1.29, 1.82) is 0 Å². The fourth-order valence-electron chi connectivity index (χ4n) is 2.93. The van der Waals surface area contributed by atoms with Gasteiger partial charge in [-0.1, -0.05) is 26.0 Å². The lowest BCUT2D eigenvalue weighted by Crippen LogP contribution is -2.49. The van der Waals surface area contributed by atoms with Crippen LogP contribution in [-0.4, -0.2) is 31.3 Å². The van der Waals surface area contributed by atoms with E-state index in [0.29, 0.717) is 13.0 Å². The molecule has 0 amide bonds. The van der Waals surface area contributed by atoms with Crippen LogP contribution >= 0.6 is 0 Å². The summed E-state index contributed by atoms with van der Waals surface area (Å²) in [5.74, 6) is -0.150. The molecule has 0 radical (unpaired) electrons. The fourth-order valence-corrected chi connectivity index (χ4v) is 2.93. The SMILES string of the molecule is CCC(N)Cc1cccc(F)c1N1CC(C)OCC1CC. The van der Waals surface area contributed by atoms with E-state index in [0.717, 1.165) is 30.6 Å². The Balaban J connectivity index is 2.35. The summed E-state index contributed by atoms with van der Waals surface area (Å²) < 4.78 is 20.2. The molecule has 3 atom stereocenters. The van der Waals surface area contributed by atoms with Crippen molar-refractivity contribution in [3.05, 3.63) is 29.6 Å². The largest absolute Gasteiger partial charge is 0.375 e. The molecular formula is C17H27FN2O. The van der Waals surface area contributed by atoms with Gasteiger partial charge in [-0.3, -0.25) is 0 Å². The highest BCUT2D eigenvalue weighted by atomic mass is 19.1. The standard InChI is InChI=1S/C17H27FN2O/c1-4-14(19)9-13-7-6-8-16(18)17(13)20-10-12(3)21-11-15(20)5-2/h6-8,12,14-15H,4-5,9-11,19H2,1-3H3. The zero-order valence-electron chi connectivity index (χ0n) is 13.3. The molecular weight excluding hydrogens is 267 g/mol. The van der Waals surface area contributed by atoms with Crippen LogP contribution in [0.15, 0.2) is 18.2 Å². The van der Waals surface area contributed by atoms with Crippen LogP contribution in [0.4, 0.5) is 10.1 Å². The fraction of sp³-hybridized carbons (Fsp3) is 0.647. The molecule has 0 aromatic heterocycles. The summed E-state index contributed by atoms with van der Waals surface area (Å²) in [5, 5.41) is 0. The second kappa shape index (κ2) is 7.23. The second-order valence-electron chi connectivity index (χ2n) is 5.98. The van der Waals surface area contributed by atoms with E-state index < -0.39 is 0 Å². The number of para-hydroxylation sites is 1. The third-order valence-corrected chi connectivity index (χ3v) is 4.30. The van der Waals surface area contributed by atoms with Gasteiger partial charge in [0.15, 0.2) is 0 Å². The van der Waals surface area contributed by atoms with Crippen LogP contribution in [-0.2, 0) is 11.2 Å². The Morgan fingerprint density at radius 1 is 1.43 bits per heavy atom. The van der Waals surface area contributed by atoms with Gasteiger partial charge in [-0.25, -0.2) is 4.39 Å². The van der Waals surface area contributed by atoms with Crippen molar-refractivity contribution in [2.75, 3.05) is 18.1 Å². The van der Waals surface area contributed by atoms with Crippen molar-refractivity contribution in [2.24, 2.45) is 5.73 Å². The summed E-state index contributed by atoms with van der Waals surface area (Å²) in [4.78, 5) is 2.18. The molecule has 1 heterocycles. The van der Waals surface area contributed by atoms with E-state index in [1.807, 2.05) is 13.0 Å². The van der Waals surface area contributed by atoms with Crippen LogP contribution in [0.1, 0.15) is 39.2 Å². The van der Waals surface area contributed by atoms with Crippen LogP contribution in [0, 0.1) is 5.82 Å². The number of hydrogen-bond acceptors (Lipinski definition) is 3. The highest BCUT2D eigenvalue weighted by Gasteiger charge is 2.29. The molecule has 0 aliphatic carbocycles. The highest BCUT2D eigenvalue weighted by molar-refractivity contribution is 5.56. The Morgan fingerprint density at radius 3 is 2.86 bits per heavy atom. The number of nitrogens with zero attached hydrogens (tertiary/aromatic N) is 1. The molecule has 1 fully saturated rings. The van der Waals surface area contributed by atoms with Crippen molar-refractivity contribution in [1.82, 2.24) is 0 Å². The average molecular weight is 294 g/mol. The van der Waals surface area contributed by atoms with Gasteiger partial charge in [0.2, 0.25) is 0 Å². The lowest BCUT2D eigenvalue weighted by atomic mass is 9.99. The van der Waals surface area contributed by atoms with E-state index in [1.165, 1.54) is 0 Å². The molecule has 1 aliphatic heterocycles. The van der Waals surface area contributed by atoms with Crippen molar-refractivity contribution in [3.63, 3.8) is 0 Å². The Hall–Kier alpha value is -1.13. The Kier molecular flexibility index (Phi) is 5.59. The topological polar surface area (TPSA) is 38.5 Å². The molecule has 1 aliphatic rings. The van der Waals surface area contributed by atoms with Gasteiger partial charge in [0, 0.05) is 12.6 Å². The van der Waals surface area contributed by atoms with Gasteiger partial charge < -0.3 is 15.4 Å². The third kappa shape index (κ3) is 3.74. The zero-order chi connectivity index (χ0) is 15.4. The summed E-state index contributed by atoms with van der Waals surface area (Å²) in [6.45, 7) is 7.61. The number of benzene rings is 1. The molecule has 2 rings (SSSR count). The molecule has 3 nitrogen and oxygen atoms in total. The number of hydrogen-bond donors (Lipinski definition) is 1. The van der Waals surface area contributed by atoms with Gasteiger partial charge in [-0.05, 0) is 37.8 Å². The Bertz CT molecular complexity index is 466. The molecule has 21 heavy (non-hydrogen) atoms. The minimum absolute atomic E-state index is 0.0732. The number of anilines is 1. The first kappa shape index (κ1) is 16.2. The first-order valence-corrected chi connectivity index (χ1v) is 7.98. The highest BCUT2D eigenvalue weighted by Crippen LogP contribution is 2.30. The number of halogens is 1. The van der Waals surface area contributed by atoms with Gasteiger partial charge in [0.1, 0.15) is 5.82 Å². The molecule has 0 bridgehead atoms. The normalized spacial score (nSPS) is 24.1. The van der Waals surface area contributed by atoms with Crippen LogP contribution in [0.25, 0.3) is 0 Å². The Labute approximate surface area is 127 Å². The zero-order valence-corrected chi connectivity index (χ0v) is 13.3. The van der Waals surface area contributed by atoms with Crippen LogP contribution < -0.4 is 10.6 Å². The summed E-state index contributed by atoms with van der Waals surface area (Å²) >= 11 is 0. The maximum Gasteiger partial charge on any atom is 0.146 e. The maximum absolute atomic E-state index is 14.5.